The van der Waals surface area contributed by atoms with E-state index < -0.39 is 0 Å². The molecule has 0 heterocycles. The zero-order valence-electron chi connectivity index (χ0n) is 17.7. The van der Waals surface area contributed by atoms with Crippen molar-refractivity contribution >= 4 is 5.78 Å². The predicted octanol–water partition coefficient (Wildman–Crippen LogP) is 6.03. The van der Waals surface area contributed by atoms with E-state index in [2.05, 4.69) is 27.7 Å². The van der Waals surface area contributed by atoms with Crippen LogP contribution < -0.4 is 0 Å². The number of hydrogen-bond acceptors (Lipinski definition) is 2. The van der Waals surface area contributed by atoms with E-state index in [1.54, 1.807) is 0 Å². The van der Waals surface area contributed by atoms with E-state index in [0.717, 1.165) is 30.1 Å². The molecule has 4 aliphatic carbocycles. The third kappa shape index (κ3) is 2.81. The molecule has 8 atom stereocenters. The Hall–Kier alpha value is -0.370. The maximum atomic E-state index is 12.3. The van der Waals surface area contributed by atoms with E-state index in [1.165, 1.54) is 51.4 Å². The number of fused-ring (bicyclic) bond motifs is 5. The van der Waals surface area contributed by atoms with Crippen molar-refractivity contribution in [1.82, 2.24) is 0 Å². The van der Waals surface area contributed by atoms with Crippen molar-refractivity contribution in [3.05, 3.63) is 0 Å². The van der Waals surface area contributed by atoms with Gasteiger partial charge in [-0.3, -0.25) is 4.79 Å². The average Bonchev–Trinajstić information content (AvgIpc) is 2.92. The van der Waals surface area contributed by atoms with Gasteiger partial charge in [0.1, 0.15) is 5.78 Å². The van der Waals surface area contributed by atoms with Crippen LogP contribution in [-0.4, -0.2) is 18.0 Å². The normalized spacial score (nSPS) is 50.8. The highest BCUT2D eigenvalue weighted by Crippen LogP contribution is 2.67. The highest BCUT2D eigenvalue weighted by Gasteiger charge is 2.60. The Morgan fingerprint density at radius 2 is 1.62 bits per heavy atom. The second-order valence-electron chi connectivity index (χ2n) is 11.0. The molecule has 0 aromatic rings. The molecule has 0 unspecified atom stereocenters. The van der Waals surface area contributed by atoms with Crippen molar-refractivity contribution in [1.29, 1.82) is 0 Å². The van der Waals surface area contributed by atoms with Gasteiger partial charge in [-0.05, 0) is 113 Å². The van der Waals surface area contributed by atoms with E-state index in [0.29, 0.717) is 34.7 Å². The molecule has 0 N–H and O–H groups in total. The van der Waals surface area contributed by atoms with Gasteiger partial charge in [-0.15, -0.1) is 0 Å². The molecule has 0 saturated heterocycles. The monoisotopic (exact) mass is 360 g/mol. The first-order chi connectivity index (χ1) is 12.3. The number of rotatable bonds is 3. The molecule has 148 valence electrons. The molecular weight excluding hydrogens is 320 g/mol. The molecule has 0 amide bonds. The molecule has 4 aliphatic rings. The van der Waals surface area contributed by atoms with Gasteiger partial charge >= 0.3 is 0 Å². The second-order valence-corrected chi connectivity index (χ2v) is 11.0. The van der Waals surface area contributed by atoms with Crippen LogP contribution in [0.5, 0.6) is 0 Å². The molecular formula is C24H40O2. The lowest BCUT2D eigenvalue weighted by molar-refractivity contribution is -0.145. The highest BCUT2D eigenvalue weighted by atomic mass is 16.5. The van der Waals surface area contributed by atoms with Crippen molar-refractivity contribution in [2.75, 3.05) is 0 Å². The maximum absolute atomic E-state index is 12.3. The predicted molar refractivity (Wildman–Crippen MR) is 106 cm³/mol. The first-order valence-corrected chi connectivity index (χ1v) is 11.4. The van der Waals surface area contributed by atoms with Crippen LogP contribution >= 0.6 is 0 Å². The Morgan fingerprint density at radius 3 is 2.31 bits per heavy atom. The van der Waals surface area contributed by atoms with Gasteiger partial charge in [0.15, 0.2) is 0 Å². The van der Waals surface area contributed by atoms with Crippen LogP contribution in [0, 0.1) is 40.4 Å². The second kappa shape index (κ2) is 6.61. The Morgan fingerprint density at radius 1 is 0.923 bits per heavy atom. The van der Waals surface area contributed by atoms with Gasteiger partial charge < -0.3 is 4.74 Å². The first kappa shape index (κ1) is 19.0. The molecule has 0 bridgehead atoms. The number of carbonyl (C=O) groups excluding carboxylic acids is 1. The third-order valence-corrected chi connectivity index (χ3v) is 9.57. The molecule has 4 rings (SSSR count). The standard InChI is InChI=1S/C24H40O2/c1-15(2)26-18-10-12-23(4)17(14-18)6-7-19-21-9-8-20(16(3)25)24(21,5)13-11-22(19)23/h15,17-22H,6-14H2,1-5H3/t17-,18+,19+,20-,21+,22+,23+,24-/m1/s1. The summed E-state index contributed by atoms with van der Waals surface area (Å²) in [5.74, 6) is 4.23. The van der Waals surface area contributed by atoms with Gasteiger partial charge in [0.2, 0.25) is 0 Å². The Kier molecular flexibility index (Phi) is 4.82. The smallest absolute Gasteiger partial charge is 0.133 e. The van der Waals surface area contributed by atoms with Gasteiger partial charge in [-0.2, -0.15) is 0 Å². The van der Waals surface area contributed by atoms with E-state index in [9.17, 15) is 4.79 Å². The molecule has 4 saturated carbocycles. The van der Waals surface area contributed by atoms with Crippen LogP contribution in [0.15, 0.2) is 0 Å². The number of carbonyl (C=O) groups is 1. The summed E-state index contributed by atoms with van der Waals surface area (Å²) in [6.45, 7) is 11.3. The zero-order valence-corrected chi connectivity index (χ0v) is 17.7. The van der Waals surface area contributed by atoms with Crippen LogP contribution in [0.1, 0.15) is 92.4 Å². The minimum absolute atomic E-state index is 0.300. The number of Topliss-reactive ketones (excluding diaryl/α,β-unsaturated/α-hetero) is 1. The molecule has 0 radical (unpaired) electrons. The molecule has 2 nitrogen and oxygen atoms in total. The minimum Gasteiger partial charge on any atom is -0.376 e. The molecule has 2 heteroatoms. The minimum atomic E-state index is 0.300. The molecule has 4 fully saturated rings. The molecule has 0 aliphatic heterocycles. The van der Waals surface area contributed by atoms with Gasteiger partial charge in [-0.1, -0.05) is 13.8 Å². The van der Waals surface area contributed by atoms with Crippen molar-refractivity contribution in [3.8, 4) is 0 Å². The van der Waals surface area contributed by atoms with Crippen LogP contribution in [0.25, 0.3) is 0 Å². The zero-order chi connectivity index (χ0) is 18.7. The number of ether oxygens (including phenoxy) is 1. The molecule has 0 spiro atoms. The largest absolute Gasteiger partial charge is 0.376 e. The van der Waals surface area contributed by atoms with Gasteiger partial charge in [0.05, 0.1) is 12.2 Å². The number of ketones is 1. The summed E-state index contributed by atoms with van der Waals surface area (Å²) < 4.78 is 6.21. The lowest BCUT2D eigenvalue weighted by atomic mass is 9.44. The topological polar surface area (TPSA) is 26.3 Å². The van der Waals surface area contributed by atoms with Crippen molar-refractivity contribution in [3.63, 3.8) is 0 Å². The summed E-state index contributed by atoms with van der Waals surface area (Å²) in [6, 6.07) is 0. The lowest BCUT2D eigenvalue weighted by Crippen LogP contribution is -2.54. The van der Waals surface area contributed by atoms with Crippen molar-refractivity contribution in [2.45, 2.75) is 105 Å². The highest BCUT2D eigenvalue weighted by molar-refractivity contribution is 5.79. The summed E-state index contributed by atoms with van der Waals surface area (Å²) in [5, 5.41) is 0. The van der Waals surface area contributed by atoms with Crippen molar-refractivity contribution < 1.29 is 9.53 Å². The summed E-state index contributed by atoms with van der Waals surface area (Å²) >= 11 is 0. The first-order valence-electron chi connectivity index (χ1n) is 11.4. The van der Waals surface area contributed by atoms with Crippen molar-refractivity contribution in [2.24, 2.45) is 40.4 Å². The Balaban J connectivity index is 1.53. The van der Waals surface area contributed by atoms with E-state index >= 15 is 0 Å². The fourth-order valence-corrected chi connectivity index (χ4v) is 8.40. The fraction of sp³-hybridized carbons (Fsp3) is 0.958. The van der Waals surface area contributed by atoms with Gasteiger partial charge in [0, 0.05) is 5.92 Å². The quantitative estimate of drug-likeness (QED) is 0.614. The summed E-state index contributed by atoms with van der Waals surface area (Å²) in [5.41, 5.74) is 0.823. The SMILES string of the molecule is CC(=O)[C@H]1CC[C@H]2[C@@H]3CC[C@@H]4C[C@@H](OC(C)C)CC[C@]4(C)[C@H]3CC[C@]12C. The van der Waals surface area contributed by atoms with Crippen LogP contribution in [0.3, 0.4) is 0 Å². The third-order valence-electron chi connectivity index (χ3n) is 9.57. The van der Waals surface area contributed by atoms with E-state index in [4.69, 9.17) is 4.74 Å². The molecule has 0 aromatic carbocycles. The van der Waals surface area contributed by atoms with Crippen LogP contribution in [-0.2, 0) is 9.53 Å². The van der Waals surface area contributed by atoms with Gasteiger partial charge in [0.25, 0.3) is 0 Å². The summed E-state index contributed by atoms with van der Waals surface area (Å²) in [6.07, 6.45) is 12.7. The van der Waals surface area contributed by atoms with E-state index in [1.807, 2.05) is 6.92 Å². The fourth-order valence-electron chi connectivity index (χ4n) is 8.40. The van der Waals surface area contributed by atoms with Crippen LogP contribution in [0.2, 0.25) is 0 Å². The summed E-state index contributed by atoms with van der Waals surface area (Å²) in [4.78, 5) is 12.3. The lowest BCUT2D eigenvalue weighted by Gasteiger charge is -2.61. The number of hydrogen-bond donors (Lipinski definition) is 0. The van der Waals surface area contributed by atoms with Gasteiger partial charge in [-0.25, -0.2) is 0 Å². The Bertz CT molecular complexity index is 554. The Labute approximate surface area is 160 Å². The summed E-state index contributed by atoms with van der Waals surface area (Å²) in [7, 11) is 0. The molecule has 0 aromatic heterocycles. The maximum Gasteiger partial charge on any atom is 0.133 e. The van der Waals surface area contributed by atoms with E-state index in [-0.39, 0.29) is 0 Å². The average molecular weight is 361 g/mol. The molecule has 26 heavy (non-hydrogen) atoms. The van der Waals surface area contributed by atoms with Crippen LogP contribution in [0.4, 0.5) is 0 Å².